The standard InChI is InChI=1S/C27H44O4/c1-4-6-8-10-12-14-16-21-25(28)30-24-20-18-19-23(3)27(24)31-26(29)22-17-15-13-11-9-7-5-2/h18-20H,4-17,21-22H2,1-3H3. The molecule has 4 nitrogen and oxygen atoms in total. The Morgan fingerprint density at radius 2 is 1.10 bits per heavy atom. The summed E-state index contributed by atoms with van der Waals surface area (Å²) in [7, 11) is 0. The van der Waals surface area contributed by atoms with Gasteiger partial charge >= 0.3 is 11.9 Å². The van der Waals surface area contributed by atoms with Crippen molar-refractivity contribution in [2.75, 3.05) is 0 Å². The summed E-state index contributed by atoms with van der Waals surface area (Å²) in [6, 6.07) is 5.38. The van der Waals surface area contributed by atoms with E-state index in [-0.39, 0.29) is 11.9 Å². The molecule has 0 bridgehead atoms. The number of ether oxygens (including phenoxy) is 2. The second kappa shape index (κ2) is 17.8. The predicted octanol–water partition coefficient (Wildman–Crippen LogP) is 8.09. The Morgan fingerprint density at radius 3 is 1.61 bits per heavy atom. The van der Waals surface area contributed by atoms with Crippen molar-refractivity contribution in [3.8, 4) is 11.5 Å². The summed E-state index contributed by atoms with van der Waals surface area (Å²) >= 11 is 0. The molecule has 1 rings (SSSR count). The van der Waals surface area contributed by atoms with Crippen LogP contribution in [-0.4, -0.2) is 11.9 Å². The molecule has 1 aromatic carbocycles. The normalized spacial score (nSPS) is 10.8. The van der Waals surface area contributed by atoms with Gasteiger partial charge in [0.1, 0.15) is 0 Å². The monoisotopic (exact) mass is 432 g/mol. The number of rotatable bonds is 18. The molecule has 0 N–H and O–H groups in total. The number of hydrogen-bond donors (Lipinski definition) is 0. The molecule has 0 spiro atoms. The molecule has 176 valence electrons. The van der Waals surface area contributed by atoms with Gasteiger partial charge < -0.3 is 9.47 Å². The SMILES string of the molecule is CCCCCCCCCC(=O)Oc1cccc(C)c1OC(=O)CCCCCCCCC. The summed E-state index contributed by atoms with van der Waals surface area (Å²) in [6.45, 7) is 6.29. The number of carbonyl (C=O) groups excluding carboxylic acids is 2. The number of aryl methyl sites for hydroxylation is 1. The van der Waals surface area contributed by atoms with Crippen LogP contribution in [0.4, 0.5) is 0 Å². The van der Waals surface area contributed by atoms with E-state index < -0.39 is 0 Å². The minimum absolute atomic E-state index is 0.257. The second-order valence-corrected chi connectivity index (χ2v) is 8.59. The Kier molecular flexibility index (Phi) is 15.6. The van der Waals surface area contributed by atoms with Crippen LogP contribution in [0.25, 0.3) is 0 Å². The fraction of sp³-hybridized carbons (Fsp3) is 0.704. The Labute approximate surface area is 190 Å². The van der Waals surface area contributed by atoms with Crippen LogP contribution in [0.5, 0.6) is 11.5 Å². The largest absolute Gasteiger partial charge is 0.423 e. The Balaban J connectivity index is 2.37. The van der Waals surface area contributed by atoms with E-state index in [1.165, 1.54) is 64.2 Å². The summed E-state index contributed by atoms with van der Waals surface area (Å²) in [5.41, 5.74) is 0.800. The molecular weight excluding hydrogens is 388 g/mol. The zero-order valence-corrected chi connectivity index (χ0v) is 20.2. The van der Waals surface area contributed by atoms with Gasteiger partial charge in [0.25, 0.3) is 0 Å². The van der Waals surface area contributed by atoms with Crippen molar-refractivity contribution in [3.05, 3.63) is 23.8 Å². The fourth-order valence-electron chi connectivity index (χ4n) is 3.63. The predicted molar refractivity (Wildman–Crippen MR) is 128 cm³/mol. The lowest BCUT2D eigenvalue weighted by atomic mass is 10.1. The highest BCUT2D eigenvalue weighted by Gasteiger charge is 2.16. The molecule has 0 heterocycles. The number of unbranched alkanes of at least 4 members (excludes halogenated alkanes) is 12. The molecular formula is C27H44O4. The van der Waals surface area contributed by atoms with E-state index in [1.807, 2.05) is 19.1 Å². The summed E-state index contributed by atoms with van der Waals surface area (Å²) in [5.74, 6) is 0.208. The molecule has 0 radical (unpaired) electrons. The van der Waals surface area contributed by atoms with Crippen molar-refractivity contribution in [2.24, 2.45) is 0 Å². The van der Waals surface area contributed by atoms with Crippen LogP contribution >= 0.6 is 0 Å². The summed E-state index contributed by atoms with van der Waals surface area (Å²) in [5, 5.41) is 0. The number of carbonyl (C=O) groups is 2. The van der Waals surface area contributed by atoms with Gasteiger partial charge in [-0.05, 0) is 31.4 Å². The minimum atomic E-state index is -0.261. The molecule has 0 aliphatic carbocycles. The molecule has 0 saturated carbocycles. The molecule has 31 heavy (non-hydrogen) atoms. The quantitative estimate of drug-likeness (QED) is 0.134. The molecule has 1 aromatic rings. The highest BCUT2D eigenvalue weighted by molar-refractivity contribution is 5.76. The van der Waals surface area contributed by atoms with Crippen LogP contribution in [0, 0.1) is 6.92 Å². The first-order valence-corrected chi connectivity index (χ1v) is 12.6. The van der Waals surface area contributed by atoms with E-state index in [0.717, 1.165) is 31.2 Å². The maximum absolute atomic E-state index is 12.3. The second-order valence-electron chi connectivity index (χ2n) is 8.59. The summed E-state index contributed by atoms with van der Waals surface area (Å²) in [4.78, 5) is 24.5. The first kappa shape index (κ1) is 27.2. The Morgan fingerprint density at radius 1 is 0.645 bits per heavy atom. The first-order valence-electron chi connectivity index (χ1n) is 12.6. The van der Waals surface area contributed by atoms with E-state index >= 15 is 0 Å². The third-order valence-electron chi connectivity index (χ3n) is 5.58. The van der Waals surface area contributed by atoms with Crippen LogP contribution in [0.1, 0.15) is 122 Å². The van der Waals surface area contributed by atoms with Gasteiger partial charge in [-0.25, -0.2) is 0 Å². The fourth-order valence-corrected chi connectivity index (χ4v) is 3.63. The van der Waals surface area contributed by atoms with Gasteiger partial charge in [0.15, 0.2) is 11.5 Å². The number of benzene rings is 1. The highest BCUT2D eigenvalue weighted by atomic mass is 16.6. The van der Waals surface area contributed by atoms with Gasteiger partial charge in [-0.2, -0.15) is 0 Å². The van der Waals surface area contributed by atoms with Crippen LogP contribution < -0.4 is 9.47 Å². The van der Waals surface area contributed by atoms with Gasteiger partial charge in [-0.15, -0.1) is 0 Å². The Bertz CT molecular complexity index is 624. The molecule has 0 fully saturated rings. The molecule has 0 unspecified atom stereocenters. The van der Waals surface area contributed by atoms with Crippen molar-refractivity contribution in [2.45, 2.75) is 124 Å². The zero-order chi connectivity index (χ0) is 22.7. The molecule has 0 atom stereocenters. The Hall–Kier alpha value is -1.84. The molecule has 0 saturated heterocycles. The molecule has 0 aliphatic heterocycles. The lowest BCUT2D eigenvalue weighted by Gasteiger charge is -2.13. The third kappa shape index (κ3) is 13.2. The van der Waals surface area contributed by atoms with Crippen molar-refractivity contribution in [3.63, 3.8) is 0 Å². The first-order chi connectivity index (χ1) is 15.1. The van der Waals surface area contributed by atoms with E-state index in [4.69, 9.17) is 9.47 Å². The lowest BCUT2D eigenvalue weighted by molar-refractivity contribution is -0.137. The molecule has 0 aliphatic rings. The summed E-state index contributed by atoms with van der Waals surface area (Å²) in [6.07, 6.45) is 17.0. The van der Waals surface area contributed by atoms with Crippen LogP contribution in [0.3, 0.4) is 0 Å². The maximum atomic E-state index is 12.3. The van der Waals surface area contributed by atoms with Gasteiger partial charge in [-0.1, -0.05) is 103 Å². The minimum Gasteiger partial charge on any atom is -0.423 e. The van der Waals surface area contributed by atoms with Crippen molar-refractivity contribution < 1.29 is 19.1 Å². The van der Waals surface area contributed by atoms with Crippen molar-refractivity contribution >= 4 is 11.9 Å². The van der Waals surface area contributed by atoms with Crippen LogP contribution in [0.15, 0.2) is 18.2 Å². The van der Waals surface area contributed by atoms with E-state index in [0.29, 0.717) is 24.3 Å². The van der Waals surface area contributed by atoms with E-state index in [9.17, 15) is 9.59 Å². The van der Waals surface area contributed by atoms with Gasteiger partial charge in [0, 0.05) is 12.8 Å². The summed E-state index contributed by atoms with van der Waals surface area (Å²) < 4.78 is 11.1. The van der Waals surface area contributed by atoms with Gasteiger partial charge in [0.05, 0.1) is 0 Å². The lowest BCUT2D eigenvalue weighted by Crippen LogP contribution is -2.12. The van der Waals surface area contributed by atoms with Crippen LogP contribution in [0.2, 0.25) is 0 Å². The highest BCUT2D eigenvalue weighted by Crippen LogP contribution is 2.31. The smallest absolute Gasteiger partial charge is 0.311 e. The average Bonchev–Trinajstić information content (AvgIpc) is 2.75. The number of esters is 2. The van der Waals surface area contributed by atoms with Gasteiger partial charge in [-0.3, -0.25) is 9.59 Å². The topological polar surface area (TPSA) is 52.6 Å². The average molecular weight is 433 g/mol. The van der Waals surface area contributed by atoms with E-state index in [1.54, 1.807) is 6.07 Å². The maximum Gasteiger partial charge on any atom is 0.311 e. The molecule has 0 amide bonds. The van der Waals surface area contributed by atoms with Gasteiger partial charge in [0.2, 0.25) is 0 Å². The van der Waals surface area contributed by atoms with Crippen molar-refractivity contribution in [1.29, 1.82) is 0 Å². The molecule has 0 aromatic heterocycles. The van der Waals surface area contributed by atoms with Crippen LogP contribution in [-0.2, 0) is 9.59 Å². The van der Waals surface area contributed by atoms with Crippen molar-refractivity contribution in [1.82, 2.24) is 0 Å². The van der Waals surface area contributed by atoms with E-state index in [2.05, 4.69) is 13.8 Å². The number of hydrogen-bond acceptors (Lipinski definition) is 4. The third-order valence-corrected chi connectivity index (χ3v) is 5.58. The number of para-hydroxylation sites is 1. The zero-order valence-electron chi connectivity index (χ0n) is 20.2. The molecule has 4 heteroatoms.